The van der Waals surface area contributed by atoms with Crippen LogP contribution in [0.1, 0.15) is 12.0 Å². The molecule has 0 aromatic heterocycles. The summed E-state index contributed by atoms with van der Waals surface area (Å²) in [5.74, 6) is 0.866. The van der Waals surface area contributed by atoms with Crippen LogP contribution in [0.3, 0.4) is 0 Å². The molecule has 1 fully saturated rings. The van der Waals surface area contributed by atoms with Crippen LogP contribution < -0.4 is 9.47 Å². The van der Waals surface area contributed by atoms with Gasteiger partial charge in [-0.3, -0.25) is 0 Å². The molecule has 3 rings (SSSR count). The van der Waals surface area contributed by atoms with E-state index in [-0.39, 0.29) is 23.2 Å². The van der Waals surface area contributed by atoms with Crippen molar-refractivity contribution >= 4 is 21.6 Å². The number of sulfonamides is 1. The zero-order valence-corrected chi connectivity index (χ0v) is 17.8. The van der Waals surface area contributed by atoms with Gasteiger partial charge >= 0.3 is 0 Å². The number of methoxy groups -OCH3 is 2. The van der Waals surface area contributed by atoms with Crippen molar-refractivity contribution in [3.63, 3.8) is 0 Å². The first-order chi connectivity index (χ1) is 13.9. The molecule has 0 aliphatic carbocycles. The molecule has 1 heterocycles. The second-order valence-corrected chi connectivity index (χ2v) is 8.98. The maximum absolute atomic E-state index is 13.7. The Morgan fingerprint density at radius 3 is 2.69 bits per heavy atom. The minimum absolute atomic E-state index is 0.00537. The SMILES string of the molecule is COc1cccc(CN(C2CCN(C#N)C2)S(=O)(=O)c2cc(Cl)ccc2OC)c1. The Kier molecular flexibility index (Phi) is 6.52. The van der Waals surface area contributed by atoms with Gasteiger partial charge in [0.25, 0.3) is 0 Å². The summed E-state index contributed by atoms with van der Waals surface area (Å²) in [6.45, 7) is 0.986. The normalized spacial score (nSPS) is 16.7. The number of hydrogen-bond donors (Lipinski definition) is 0. The fourth-order valence-electron chi connectivity index (χ4n) is 3.41. The summed E-state index contributed by atoms with van der Waals surface area (Å²) in [6, 6.07) is 11.4. The van der Waals surface area contributed by atoms with E-state index in [0.29, 0.717) is 30.3 Å². The van der Waals surface area contributed by atoms with Gasteiger partial charge in [0.2, 0.25) is 10.0 Å². The fraction of sp³-hybridized carbons (Fsp3) is 0.350. The molecule has 2 aromatic carbocycles. The molecule has 1 aliphatic heterocycles. The highest BCUT2D eigenvalue weighted by molar-refractivity contribution is 7.89. The van der Waals surface area contributed by atoms with Crippen molar-refractivity contribution < 1.29 is 17.9 Å². The van der Waals surface area contributed by atoms with Crippen LogP contribution in [0.5, 0.6) is 11.5 Å². The third-order valence-corrected chi connectivity index (χ3v) is 7.05. The molecule has 0 amide bonds. The lowest BCUT2D eigenvalue weighted by molar-refractivity contribution is 0.311. The Morgan fingerprint density at radius 1 is 1.24 bits per heavy atom. The minimum Gasteiger partial charge on any atom is -0.497 e. The van der Waals surface area contributed by atoms with Crippen LogP contribution in [0.25, 0.3) is 0 Å². The standard InChI is InChI=1S/C20H22ClN3O4S/c1-27-18-5-3-4-15(10-18)12-24(17-8-9-23(13-17)14-22)29(25,26)20-11-16(21)6-7-19(20)28-2/h3-7,10-11,17H,8-9,12-13H2,1-2H3. The van der Waals surface area contributed by atoms with Gasteiger partial charge < -0.3 is 14.4 Å². The van der Waals surface area contributed by atoms with Crippen molar-refractivity contribution in [2.75, 3.05) is 27.3 Å². The average molecular weight is 436 g/mol. The predicted molar refractivity (Wildman–Crippen MR) is 109 cm³/mol. The number of halogens is 1. The Labute approximate surface area is 176 Å². The van der Waals surface area contributed by atoms with E-state index in [0.717, 1.165) is 5.56 Å². The minimum atomic E-state index is -3.95. The second kappa shape index (κ2) is 8.91. The van der Waals surface area contributed by atoms with Crippen molar-refractivity contribution in [3.05, 3.63) is 53.1 Å². The highest BCUT2D eigenvalue weighted by Gasteiger charge is 2.37. The van der Waals surface area contributed by atoms with Gasteiger partial charge in [-0.05, 0) is 42.3 Å². The average Bonchev–Trinajstić information content (AvgIpc) is 3.20. The van der Waals surface area contributed by atoms with Gasteiger partial charge in [0.05, 0.1) is 14.2 Å². The van der Waals surface area contributed by atoms with Crippen molar-refractivity contribution in [2.24, 2.45) is 0 Å². The third kappa shape index (κ3) is 4.58. The monoisotopic (exact) mass is 435 g/mol. The van der Waals surface area contributed by atoms with Crippen molar-refractivity contribution in [3.8, 4) is 17.7 Å². The first-order valence-electron chi connectivity index (χ1n) is 9.02. The molecular weight excluding hydrogens is 414 g/mol. The summed E-state index contributed by atoms with van der Waals surface area (Å²) in [7, 11) is -0.972. The molecule has 1 atom stereocenters. The fourth-order valence-corrected chi connectivity index (χ4v) is 5.46. The van der Waals surface area contributed by atoms with E-state index in [9.17, 15) is 13.7 Å². The largest absolute Gasteiger partial charge is 0.497 e. The van der Waals surface area contributed by atoms with E-state index in [4.69, 9.17) is 21.1 Å². The van der Waals surface area contributed by atoms with Crippen LogP contribution in [0.4, 0.5) is 0 Å². The van der Waals surface area contributed by atoms with Gasteiger partial charge in [-0.25, -0.2) is 8.42 Å². The molecule has 1 saturated heterocycles. The Morgan fingerprint density at radius 2 is 2.03 bits per heavy atom. The van der Waals surface area contributed by atoms with Crippen molar-refractivity contribution in [2.45, 2.75) is 23.9 Å². The quantitative estimate of drug-likeness (QED) is 0.621. The molecule has 154 valence electrons. The summed E-state index contributed by atoms with van der Waals surface area (Å²) < 4.78 is 39.3. The topological polar surface area (TPSA) is 82.9 Å². The number of hydrogen-bond acceptors (Lipinski definition) is 6. The van der Waals surface area contributed by atoms with Gasteiger partial charge in [-0.1, -0.05) is 23.7 Å². The lowest BCUT2D eigenvalue weighted by atomic mass is 10.2. The number of nitriles is 1. The van der Waals surface area contributed by atoms with Crippen LogP contribution in [0, 0.1) is 11.5 Å². The molecule has 0 N–H and O–H groups in total. The molecule has 7 nitrogen and oxygen atoms in total. The molecule has 1 unspecified atom stereocenters. The van der Waals surface area contributed by atoms with Crippen LogP contribution in [0.15, 0.2) is 47.4 Å². The van der Waals surface area contributed by atoms with Crippen LogP contribution in [0.2, 0.25) is 5.02 Å². The highest BCUT2D eigenvalue weighted by atomic mass is 35.5. The lowest BCUT2D eigenvalue weighted by Crippen LogP contribution is -2.41. The van der Waals surface area contributed by atoms with E-state index in [1.165, 1.54) is 23.5 Å². The first-order valence-corrected chi connectivity index (χ1v) is 10.8. The smallest absolute Gasteiger partial charge is 0.247 e. The van der Waals surface area contributed by atoms with Crippen LogP contribution in [-0.2, 0) is 16.6 Å². The zero-order valence-electron chi connectivity index (χ0n) is 16.2. The second-order valence-electron chi connectivity index (χ2n) is 6.69. The number of likely N-dealkylation sites (tertiary alicyclic amines) is 1. The molecule has 29 heavy (non-hydrogen) atoms. The van der Waals surface area contributed by atoms with Gasteiger partial charge in [0.1, 0.15) is 16.4 Å². The lowest BCUT2D eigenvalue weighted by Gasteiger charge is -2.28. The van der Waals surface area contributed by atoms with Crippen molar-refractivity contribution in [1.82, 2.24) is 9.21 Å². The van der Waals surface area contributed by atoms with E-state index >= 15 is 0 Å². The molecule has 0 radical (unpaired) electrons. The summed E-state index contributed by atoms with van der Waals surface area (Å²) >= 11 is 6.08. The zero-order chi connectivity index (χ0) is 21.0. The predicted octanol–water partition coefficient (Wildman–Crippen LogP) is 3.10. The molecule has 0 bridgehead atoms. The van der Waals surface area contributed by atoms with E-state index in [1.807, 2.05) is 12.1 Å². The Hall–Kier alpha value is -2.47. The summed E-state index contributed by atoms with van der Waals surface area (Å²) in [6.07, 6.45) is 2.65. The van der Waals surface area contributed by atoms with Gasteiger partial charge in [0.15, 0.2) is 6.19 Å². The highest BCUT2D eigenvalue weighted by Crippen LogP contribution is 2.33. The van der Waals surface area contributed by atoms with E-state index < -0.39 is 10.0 Å². The molecule has 2 aromatic rings. The number of rotatable bonds is 7. The molecule has 1 aliphatic rings. The van der Waals surface area contributed by atoms with Crippen LogP contribution in [-0.4, -0.2) is 51.0 Å². The summed E-state index contributed by atoms with van der Waals surface area (Å²) in [5, 5.41) is 9.52. The van der Waals surface area contributed by atoms with Gasteiger partial charge in [-0.2, -0.15) is 9.57 Å². The van der Waals surface area contributed by atoms with E-state index in [1.54, 1.807) is 30.2 Å². The Balaban J connectivity index is 2.04. The van der Waals surface area contributed by atoms with Gasteiger partial charge in [0, 0.05) is 30.7 Å². The maximum Gasteiger partial charge on any atom is 0.247 e. The number of nitrogens with zero attached hydrogens (tertiary/aromatic N) is 3. The molecule has 9 heteroatoms. The molecule has 0 spiro atoms. The van der Waals surface area contributed by atoms with Crippen LogP contribution >= 0.6 is 11.6 Å². The first kappa shape index (κ1) is 21.2. The number of ether oxygens (including phenoxy) is 2. The third-order valence-electron chi connectivity index (χ3n) is 4.90. The van der Waals surface area contributed by atoms with E-state index in [2.05, 4.69) is 6.19 Å². The summed E-state index contributed by atoms with van der Waals surface area (Å²) in [4.78, 5) is 1.57. The van der Waals surface area contributed by atoms with Crippen molar-refractivity contribution in [1.29, 1.82) is 5.26 Å². The molecule has 0 saturated carbocycles. The summed E-state index contributed by atoms with van der Waals surface area (Å²) in [5.41, 5.74) is 0.782. The molecular formula is C20H22ClN3O4S. The van der Waals surface area contributed by atoms with Gasteiger partial charge in [-0.15, -0.1) is 0 Å². The number of benzene rings is 2. The Bertz CT molecular complexity index is 1020. The maximum atomic E-state index is 13.7.